The van der Waals surface area contributed by atoms with Crippen LogP contribution in [0, 0.1) is 0 Å². The van der Waals surface area contributed by atoms with Gasteiger partial charge in [-0.3, -0.25) is 4.90 Å². The first-order valence-corrected chi connectivity index (χ1v) is 8.96. The van der Waals surface area contributed by atoms with Crippen molar-refractivity contribution in [3.63, 3.8) is 0 Å². The van der Waals surface area contributed by atoms with Gasteiger partial charge >= 0.3 is 6.03 Å². The molecule has 6 nitrogen and oxygen atoms in total. The standard InChI is InChI=1S/C19H31N3O3/c1-19(2,3)25-15-17-6-4-5-16(13-17)14-21-18(23)20-7-8-22-9-11-24-12-10-22/h4-6,13H,7-12,14-15H2,1-3H3,(H2,20,21,23). The van der Waals surface area contributed by atoms with Crippen LogP contribution in [0.4, 0.5) is 4.79 Å². The van der Waals surface area contributed by atoms with Crippen molar-refractivity contribution in [2.75, 3.05) is 39.4 Å². The number of nitrogens with zero attached hydrogens (tertiary/aromatic N) is 1. The lowest BCUT2D eigenvalue weighted by Gasteiger charge is -2.26. The number of nitrogens with one attached hydrogen (secondary N) is 2. The maximum absolute atomic E-state index is 11.9. The molecule has 25 heavy (non-hydrogen) atoms. The number of ether oxygens (including phenoxy) is 2. The molecular weight excluding hydrogens is 318 g/mol. The van der Waals surface area contributed by atoms with Crippen molar-refractivity contribution < 1.29 is 14.3 Å². The zero-order valence-electron chi connectivity index (χ0n) is 15.6. The summed E-state index contributed by atoms with van der Waals surface area (Å²) in [5, 5.41) is 5.80. The summed E-state index contributed by atoms with van der Waals surface area (Å²) < 4.78 is 11.1. The molecule has 0 radical (unpaired) electrons. The van der Waals surface area contributed by atoms with Crippen LogP contribution in [0.3, 0.4) is 0 Å². The molecule has 0 bridgehead atoms. The molecule has 1 fully saturated rings. The second kappa shape index (κ2) is 9.75. The van der Waals surface area contributed by atoms with E-state index in [0.29, 0.717) is 19.7 Å². The van der Waals surface area contributed by atoms with E-state index in [-0.39, 0.29) is 11.6 Å². The van der Waals surface area contributed by atoms with E-state index in [4.69, 9.17) is 9.47 Å². The van der Waals surface area contributed by atoms with Crippen molar-refractivity contribution in [3.05, 3.63) is 35.4 Å². The molecule has 0 aliphatic carbocycles. The minimum Gasteiger partial charge on any atom is -0.379 e. The number of carbonyl (C=O) groups excluding carboxylic acids is 1. The Morgan fingerprint density at radius 3 is 2.64 bits per heavy atom. The molecule has 1 aliphatic rings. The summed E-state index contributed by atoms with van der Waals surface area (Å²) in [5.74, 6) is 0. The fourth-order valence-corrected chi connectivity index (χ4v) is 2.53. The molecule has 0 atom stereocenters. The molecule has 1 aromatic carbocycles. The van der Waals surface area contributed by atoms with Crippen LogP contribution >= 0.6 is 0 Å². The average molecular weight is 349 g/mol. The zero-order valence-corrected chi connectivity index (χ0v) is 15.6. The van der Waals surface area contributed by atoms with E-state index < -0.39 is 0 Å². The molecule has 1 aliphatic heterocycles. The lowest BCUT2D eigenvalue weighted by atomic mass is 10.1. The van der Waals surface area contributed by atoms with Crippen LogP contribution in [0.2, 0.25) is 0 Å². The monoisotopic (exact) mass is 349 g/mol. The molecule has 1 aromatic rings. The third-order valence-corrected chi connectivity index (χ3v) is 3.93. The number of benzene rings is 1. The van der Waals surface area contributed by atoms with Gasteiger partial charge in [0, 0.05) is 32.7 Å². The highest BCUT2D eigenvalue weighted by atomic mass is 16.5. The fraction of sp³-hybridized carbons (Fsp3) is 0.632. The quantitative estimate of drug-likeness (QED) is 0.792. The predicted molar refractivity (Wildman–Crippen MR) is 98.5 cm³/mol. The van der Waals surface area contributed by atoms with Crippen LogP contribution in [0.5, 0.6) is 0 Å². The van der Waals surface area contributed by atoms with Gasteiger partial charge in [-0.15, -0.1) is 0 Å². The third-order valence-electron chi connectivity index (χ3n) is 3.93. The number of morpholine rings is 1. The van der Waals surface area contributed by atoms with Crippen molar-refractivity contribution in [3.8, 4) is 0 Å². The summed E-state index contributed by atoms with van der Waals surface area (Å²) in [5.41, 5.74) is 2.02. The highest BCUT2D eigenvalue weighted by molar-refractivity contribution is 5.73. The predicted octanol–water partition coefficient (Wildman–Crippen LogP) is 2.13. The van der Waals surface area contributed by atoms with Gasteiger partial charge < -0.3 is 20.1 Å². The maximum Gasteiger partial charge on any atom is 0.315 e. The molecule has 1 saturated heterocycles. The van der Waals surface area contributed by atoms with Gasteiger partial charge in [0.1, 0.15) is 0 Å². The molecule has 140 valence electrons. The molecule has 0 spiro atoms. The fourth-order valence-electron chi connectivity index (χ4n) is 2.53. The van der Waals surface area contributed by atoms with Crippen LogP contribution in [-0.4, -0.2) is 55.9 Å². The Balaban J connectivity index is 1.66. The van der Waals surface area contributed by atoms with Gasteiger partial charge in [0.15, 0.2) is 0 Å². The van der Waals surface area contributed by atoms with E-state index in [1.54, 1.807) is 0 Å². The zero-order chi connectivity index (χ0) is 18.1. The lowest BCUT2D eigenvalue weighted by Crippen LogP contribution is -2.43. The first kappa shape index (κ1) is 19.7. The second-order valence-electron chi connectivity index (χ2n) is 7.28. The van der Waals surface area contributed by atoms with Gasteiger partial charge in [-0.1, -0.05) is 24.3 Å². The van der Waals surface area contributed by atoms with Crippen molar-refractivity contribution in [1.29, 1.82) is 0 Å². The minimum atomic E-state index is -0.158. The van der Waals surface area contributed by atoms with Gasteiger partial charge in [0.2, 0.25) is 0 Å². The number of carbonyl (C=O) groups is 1. The number of hydrogen-bond acceptors (Lipinski definition) is 4. The first-order chi connectivity index (χ1) is 11.9. The summed E-state index contributed by atoms with van der Waals surface area (Å²) in [6, 6.07) is 7.98. The largest absolute Gasteiger partial charge is 0.379 e. The Morgan fingerprint density at radius 2 is 1.92 bits per heavy atom. The summed E-state index contributed by atoms with van der Waals surface area (Å²) in [6.07, 6.45) is 0. The first-order valence-electron chi connectivity index (χ1n) is 8.96. The Labute approximate surface area is 150 Å². The van der Waals surface area contributed by atoms with Gasteiger partial charge in [-0.05, 0) is 31.9 Å². The number of amides is 2. The summed E-state index contributed by atoms with van der Waals surface area (Å²) in [6.45, 7) is 12.1. The Kier molecular flexibility index (Phi) is 7.68. The molecule has 2 rings (SSSR count). The van der Waals surface area contributed by atoms with E-state index >= 15 is 0 Å². The SMILES string of the molecule is CC(C)(C)OCc1cccc(CNC(=O)NCCN2CCOCC2)c1. The molecule has 0 aromatic heterocycles. The van der Waals surface area contributed by atoms with Gasteiger partial charge in [-0.2, -0.15) is 0 Å². The van der Waals surface area contributed by atoms with Crippen molar-refractivity contribution >= 4 is 6.03 Å². The number of urea groups is 1. The molecule has 1 heterocycles. The van der Waals surface area contributed by atoms with Crippen LogP contribution in [-0.2, 0) is 22.6 Å². The van der Waals surface area contributed by atoms with E-state index in [0.717, 1.165) is 44.0 Å². The second-order valence-corrected chi connectivity index (χ2v) is 7.28. The van der Waals surface area contributed by atoms with E-state index in [1.807, 2.05) is 39.0 Å². The molecule has 2 N–H and O–H groups in total. The van der Waals surface area contributed by atoms with Crippen LogP contribution in [0.1, 0.15) is 31.9 Å². The van der Waals surface area contributed by atoms with Crippen LogP contribution < -0.4 is 10.6 Å². The van der Waals surface area contributed by atoms with Gasteiger partial charge in [0.25, 0.3) is 0 Å². The Hall–Kier alpha value is -1.63. The molecule has 0 unspecified atom stereocenters. The summed E-state index contributed by atoms with van der Waals surface area (Å²) >= 11 is 0. The maximum atomic E-state index is 11.9. The Morgan fingerprint density at radius 1 is 1.20 bits per heavy atom. The average Bonchev–Trinajstić information content (AvgIpc) is 2.59. The summed E-state index contributed by atoms with van der Waals surface area (Å²) in [4.78, 5) is 14.2. The van der Waals surface area contributed by atoms with E-state index in [9.17, 15) is 4.79 Å². The highest BCUT2D eigenvalue weighted by Crippen LogP contribution is 2.13. The minimum absolute atomic E-state index is 0.135. The van der Waals surface area contributed by atoms with E-state index in [1.165, 1.54) is 0 Å². The Bertz CT molecular complexity index is 537. The number of rotatable bonds is 7. The molecule has 6 heteroatoms. The smallest absolute Gasteiger partial charge is 0.315 e. The van der Waals surface area contributed by atoms with E-state index in [2.05, 4.69) is 21.6 Å². The van der Waals surface area contributed by atoms with Crippen LogP contribution in [0.15, 0.2) is 24.3 Å². The van der Waals surface area contributed by atoms with Crippen molar-refractivity contribution in [2.45, 2.75) is 39.5 Å². The molecular formula is C19H31N3O3. The van der Waals surface area contributed by atoms with Gasteiger partial charge in [-0.25, -0.2) is 4.79 Å². The summed E-state index contributed by atoms with van der Waals surface area (Å²) in [7, 11) is 0. The molecule has 2 amide bonds. The third kappa shape index (κ3) is 8.34. The normalized spacial score (nSPS) is 15.8. The topological polar surface area (TPSA) is 62.8 Å². The van der Waals surface area contributed by atoms with Crippen molar-refractivity contribution in [1.82, 2.24) is 15.5 Å². The van der Waals surface area contributed by atoms with Crippen LogP contribution in [0.25, 0.3) is 0 Å². The lowest BCUT2D eigenvalue weighted by molar-refractivity contribution is -0.0149. The highest BCUT2D eigenvalue weighted by Gasteiger charge is 2.11. The van der Waals surface area contributed by atoms with Crippen molar-refractivity contribution in [2.24, 2.45) is 0 Å². The van der Waals surface area contributed by atoms with Gasteiger partial charge in [0.05, 0.1) is 25.4 Å². The number of hydrogen-bond donors (Lipinski definition) is 2. The molecule has 0 saturated carbocycles.